The molecule has 2 heterocycles. The summed E-state index contributed by atoms with van der Waals surface area (Å²) in [6.45, 7) is 3.71. The first-order valence-electron chi connectivity index (χ1n) is 9.86. The van der Waals surface area contributed by atoms with Crippen molar-refractivity contribution >= 4 is 23.2 Å². The summed E-state index contributed by atoms with van der Waals surface area (Å²) in [6.07, 6.45) is 0.133. The van der Waals surface area contributed by atoms with Crippen LogP contribution >= 0.6 is 0 Å². The van der Waals surface area contributed by atoms with Crippen LogP contribution in [0.2, 0.25) is 0 Å². The Morgan fingerprint density at radius 2 is 1.71 bits per heavy atom. The van der Waals surface area contributed by atoms with E-state index in [0.717, 1.165) is 5.69 Å². The van der Waals surface area contributed by atoms with Gasteiger partial charge >= 0.3 is 6.01 Å². The number of aromatic nitrogens is 2. The van der Waals surface area contributed by atoms with Crippen molar-refractivity contribution in [2.75, 3.05) is 16.8 Å². The summed E-state index contributed by atoms with van der Waals surface area (Å²) in [5, 5.41) is 2.84. The van der Waals surface area contributed by atoms with E-state index in [1.165, 1.54) is 12.1 Å². The molecule has 1 aliphatic heterocycles. The number of ether oxygens (including phenoxy) is 1. The Bertz CT molecular complexity index is 1110. The standard InChI is InChI=1S/C23H21FN4O3/c1-14-21(15(2)26-23(25-14)31-19-11-7-6-10-18(19)24)27-22(30)16-12-20(29)28(13-16)17-8-4-3-5-9-17/h3-11,16H,12-13H2,1-2H3,(H,27,30). The van der Waals surface area contributed by atoms with Gasteiger partial charge in [-0.3, -0.25) is 9.59 Å². The van der Waals surface area contributed by atoms with Crippen LogP contribution in [0.25, 0.3) is 0 Å². The zero-order valence-electron chi connectivity index (χ0n) is 17.1. The van der Waals surface area contributed by atoms with Crippen molar-refractivity contribution < 1.29 is 18.7 Å². The van der Waals surface area contributed by atoms with Gasteiger partial charge in [-0.2, -0.15) is 9.97 Å². The first kappa shape index (κ1) is 20.5. The lowest BCUT2D eigenvalue weighted by atomic mass is 10.1. The molecule has 1 atom stereocenters. The highest BCUT2D eigenvalue weighted by Crippen LogP contribution is 2.28. The number of benzene rings is 2. The van der Waals surface area contributed by atoms with Crippen molar-refractivity contribution in [3.8, 4) is 11.8 Å². The van der Waals surface area contributed by atoms with Crippen LogP contribution in [0.15, 0.2) is 54.6 Å². The molecule has 2 aromatic carbocycles. The monoisotopic (exact) mass is 420 g/mol. The minimum atomic E-state index is -0.521. The second kappa shape index (κ2) is 8.51. The Balaban J connectivity index is 1.47. The van der Waals surface area contributed by atoms with E-state index in [9.17, 15) is 14.0 Å². The van der Waals surface area contributed by atoms with E-state index in [2.05, 4.69) is 15.3 Å². The molecule has 8 heteroatoms. The van der Waals surface area contributed by atoms with E-state index >= 15 is 0 Å². The Morgan fingerprint density at radius 3 is 2.39 bits per heavy atom. The molecule has 4 rings (SSSR count). The molecule has 1 unspecified atom stereocenters. The molecular formula is C23H21FN4O3. The minimum absolute atomic E-state index is 0.00982. The first-order chi connectivity index (χ1) is 14.9. The van der Waals surface area contributed by atoms with Crippen LogP contribution in [0.5, 0.6) is 11.8 Å². The average Bonchev–Trinajstić information content (AvgIpc) is 3.15. The highest BCUT2D eigenvalue weighted by Gasteiger charge is 2.35. The van der Waals surface area contributed by atoms with E-state index in [1.807, 2.05) is 30.3 Å². The number of hydrogen-bond donors (Lipinski definition) is 1. The molecule has 0 saturated carbocycles. The van der Waals surface area contributed by atoms with Gasteiger partial charge < -0.3 is 15.0 Å². The molecule has 1 fully saturated rings. The first-order valence-corrected chi connectivity index (χ1v) is 9.86. The number of halogens is 1. The molecule has 7 nitrogen and oxygen atoms in total. The Morgan fingerprint density at radius 1 is 1.06 bits per heavy atom. The zero-order chi connectivity index (χ0) is 22.0. The number of nitrogens with one attached hydrogen (secondary N) is 1. The van der Waals surface area contributed by atoms with Gasteiger partial charge in [-0.15, -0.1) is 0 Å². The predicted octanol–water partition coefficient (Wildman–Crippen LogP) is 4.02. The Hall–Kier alpha value is -3.81. The average molecular weight is 420 g/mol. The summed E-state index contributed by atoms with van der Waals surface area (Å²) >= 11 is 0. The maximum Gasteiger partial charge on any atom is 0.322 e. The van der Waals surface area contributed by atoms with E-state index in [-0.39, 0.29) is 30.0 Å². The molecular weight excluding hydrogens is 399 g/mol. The molecule has 1 aliphatic rings. The fraction of sp³-hybridized carbons (Fsp3) is 0.217. The van der Waals surface area contributed by atoms with Crippen LogP contribution in [0, 0.1) is 25.6 Å². The smallest absolute Gasteiger partial charge is 0.322 e. The Kier molecular flexibility index (Phi) is 5.62. The van der Waals surface area contributed by atoms with Gasteiger partial charge in [-0.1, -0.05) is 30.3 Å². The number of aryl methyl sites for hydroxylation is 2. The molecule has 3 aromatic rings. The van der Waals surface area contributed by atoms with Gasteiger partial charge in [0, 0.05) is 18.7 Å². The molecule has 31 heavy (non-hydrogen) atoms. The third-order valence-electron chi connectivity index (χ3n) is 5.10. The number of rotatable bonds is 5. The largest absolute Gasteiger partial charge is 0.421 e. The number of carbonyl (C=O) groups excluding carboxylic acids is 2. The van der Waals surface area contributed by atoms with Gasteiger partial charge in [-0.25, -0.2) is 4.39 Å². The lowest BCUT2D eigenvalue weighted by molar-refractivity contribution is -0.122. The van der Waals surface area contributed by atoms with E-state index in [4.69, 9.17) is 4.74 Å². The van der Waals surface area contributed by atoms with Crippen molar-refractivity contribution in [1.29, 1.82) is 0 Å². The minimum Gasteiger partial charge on any atom is -0.421 e. The lowest BCUT2D eigenvalue weighted by Gasteiger charge is -2.17. The summed E-state index contributed by atoms with van der Waals surface area (Å²) in [6, 6.07) is 15.2. The lowest BCUT2D eigenvalue weighted by Crippen LogP contribution is -2.28. The molecule has 1 N–H and O–H groups in total. The normalized spacial score (nSPS) is 15.8. The Labute approximate surface area is 178 Å². The maximum absolute atomic E-state index is 13.8. The third kappa shape index (κ3) is 4.37. The van der Waals surface area contributed by atoms with Crippen molar-refractivity contribution in [2.24, 2.45) is 5.92 Å². The van der Waals surface area contributed by atoms with Crippen LogP contribution in [0.1, 0.15) is 17.8 Å². The summed E-state index contributed by atoms with van der Waals surface area (Å²) in [5.74, 6) is -1.36. The summed E-state index contributed by atoms with van der Waals surface area (Å²) < 4.78 is 19.3. The molecule has 0 radical (unpaired) electrons. The van der Waals surface area contributed by atoms with Gasteiger partial charge in [0.25, 0.3) is 0 Å². The topological polar surface area (TPSA) is 84.4 Å². The summed E-state index contributed by atoms with van der Waals surface area (Å²) in [5.41, 5.74) is 2.19. The quantitative estimate of drug-likeness (QED) is 0.674. The number of para-hydroxylation sites is 2. The zero-order valence-corrected chi connectivity index (χ0v) is 17.1. The molecule has 1 saturated heterocycles. The SMILES string of the molecule is Cc1nc(Oc2ccccc2F)nc(C)c1NC(=O)C1CC(=O)N(c2ccccc2)C1. The second-order valence-corrected chi connectivity index (χ2v) is 7.31. The van der Waals surface area contributed by atoms with Crippen LogP contribution in [-0.4, -0.2) is 28.3 Å². The highest BCUT2D eigenvalue weighted by atomic mass is 19.1. The molecule has 0 spiro atoms. The molecule has 1 aromatic heterocycles. The number of hydrogen-bond acceptors (Lipinski definition) is 5. The molecule has 0 aliphatic carbocycles. The van der Waals surface area contributed by atoms with Gasteiger partial charge in [-0.05, 0) is 38.1 Å². The predicted molar refractivity (Wildman–Crippen MR) is 114 cm³/mol. The van der Waals surface area contributed by atoms with Gasteiger partial charge in [0.05, 0.1) is 23.0 Å². The maximum atomic E-state index is 13.8. The van der Waals surface area contributed by atoms with E-state index in [1.54, 1.807) is 30.9 Å². The van der Waals surface area contributed by atoms with Crippen molar-refractivity contribution in [3.05, 3.63) is 71.8 Å². The highest BCUT2D eigenvalue weighted by molar-refractivity contribution is 6.03. The van der Waals surface area contributed by atoms with Gasteiger partial charge in [0.2, 0.25) is 11.8 Å². The van der Waals surface area contributed by atoms with Gasteiger partial charge in [0.1, 0.15) is 0 Å². The van der Waals surface area contributed by atoms with Crippen molar-refractivity contribution in [2.45, 2.75) is 20.3 Å². The van der Waals surface area contributed by atoms with Crippen LogP contribution in [0.4, 0.5) is 15.8 Å². The summed E-state index contributed by atoms with van der Waals surface area (Å²) in [7, 11) is 0. The number of carbonyl (C=O) groups is 2. The molecule has 0 bridgehead atoms. The molecule has 2 amide bonds. The molecule has 158 valence electrons. The van der Waals surface area contributed by atoms with E-state index < -0.39 is 11.7 Å². The fourth-order valence-electron chi connectivity index (χ4n) is 3.50. The fourth-order valence-corrected chi connectivity index (χ4v) is 3.50. The van der Waals surface area contributed by atoms with Crippen LogP contribution < -0.4 is 15.0 Å². The second-order valence-electron chi connectivity index (χ2n) is 7.31. The van der Waals surface area contributed by atoms with Crippen LogP contribution in [0.3, 0.4) is 0 Å². The number of anilines is 2. The van der Waals surface area contributed by atoms with Crippen molar-refractivity contribution in [3.63, 3.8) is 0 Å². The van der Waals surface area contributed by atoms with E-state index in [0.29, 0.717) is 23.6 Å². The summed E-state index contributed by atoms with van der Waals surface area (Å²) in [4.78, 5) is 35.3. The van der Waals surface area contributed by atoms with Crippen molar-refractivity contribution in [1.82, 2.24) is 9.97 Å². The number of amides is 2. The number of nitrogens with zero attached hydrogens (tertiary/aromatic N) is 3. The van der Waals surface area contributed by atoms with Gasteiger partial charge in [0.15, 0.2) is 11.6 Å². The third-order valence-corrected chi connectivity index (χ3v) is 5.10. The van der Waals surface area contributed by atoms with Crippen LogP contribution in [-0.2, 0) is 9.59 Å².